The minimum atomic E-state index is -2.31. The number of unbranched alkanes of at least 4 members (excludes halogenated alkanes) is 4. The van der Waals surface area contributed by atoms with Gasteiger partial charge < -0.3 is 108 Å². The molecule has 0 unspecified atom stereocenters. The molecule has 7 heterocycles. The summed E-state index contributed by atoms with van der Waals surface area (Å²) in [7, 11) is 1.48. The van der Waals surface area contributed by atoms with Crippen molar-refractivity contribution in [1.82, 2.24) is 52.2 Å². The zero-order valence-corrected chi connectivity index (χ0v) is 56.7. The van der Waals surface area contributed by atoms with Crippen molar-refractivity contribution in [3.63, 3.8) is 0 Å². The van der Waals surface area contributed by atoms with Crippen LogP contribution in [-0.2, 0) is 56.1 Å². The van der Waals surface area contributed by atoms with Gasteiger partial charge in [-0.3, -0.25) is 33.6 Å². The fraction of sp³-hybridized carbons (Fsp3) is 0.412. The largest absolute Gasteiger partial charge is 0.508 e. The Kier molecular flexibility index (Phi) is 23.4. The van der Waals surface area contributed by atoms with Gasteiger partial charge in [0.2, 0.25) is 53.4 Å². The van der Waals surface area contributed by atoms with E-state index in [2.05, 4.69) is 54.5 Å². The van der Waals surface area contributed by atoms with Gasteiger partial charge >= 0.3 is 5.97 Å². The van der Waals surface area contributed by atoms with Gasteiger partial charge in [0, 0.05) is 29.0 Å². The van der Waals surface area contributed by atoms with E-state index in [9.17, 15) is 69.9 Å². The zero-order chi connectivity index (χ0) is 73.7. The average Bonchev–Trinajstić information content (AvgIpc) is 0.828. The van der Waals surface area contributed by atoms with Crippen LogP contribution in [0.25, 0.3) is 11.1 Å². The maximum absolute atomic E-state index is 16.0. The number of primary amides is 1. The van der Waals surface area contributed by atoms with Crippen molar-refractivity contribution < 1.29 is 103 Å². The molecule has 7 amide bonds. The number of phenols is 3. The number of aliphatic hydroxyl groups is 5. The van der Waals surface area contributed by atoms with Crippen molar-refractivity contribution in [2.75, 3.05) is 7.05 Å². The lowest BCUT2D eigenvalue weighted by Crippen LogP contribution is -2.60. The fourth-order valence-electron chi connectivity index (χ4n) is 12.4. The normalized spacial score (nSPS) is 24.7. The number of aromatic nitrogens is 3. The summed E-state index contributed by atoms with van der Waals surface area (Å²) in [5.41, 5.74) is 3.66. The van der Waals surface area contributed by atoms with Gasteiger partial charge in [-0.1, -0.05) is 93.1 Å². The number of carboxylic acids is 1. The number of nitrogens with one attached hydrogen (secondary N) is 7. The maximum Gasteiger partial charge on any atom is 0.330 e. The van der Waals surface area contributed by atoms with Crippen LogP contribution in [-0.4, -0.2) is 170 Å². The molecular weight excluding hydrogens is 1380 g/mol. The molecule has 11 bridgehead atoms. The molecule has 32 nitrogen and oxygen atoms in total. The molecule has 6 aromatic rings. The molecule has 0 aliphatic carbocycles. The Morgan fingerprint density at radius 2 is 1.31 bits per heavy atom. The number of hydrogen-bond donors (Lipinski definition) is 17. The number of rotatable bonds is 18. The van der Waals surface area contributed by atoms with Crippen LogP contribution < -0.4 is 57.2 Å². The fourth-order valence-corrected chi connectivity index (χ4v) is 12.8. The van der Waals surface area contributed by atoms with Crippen molar-refractivity contribution in [3.05, 3.63) is 129 Å². The third-order valence-electron chi connectivity index (χ3n) is 17.7. The number of hydrogen-bond acceptors (Lipinski definition) is 23. The zero-order valence-electron chi connectivity index (χ0n) is 55.2. The summed E-state index contributed by atoms with van der Waals surface area (Å²) in [6.07, 6.45) is -7.38. The van der Waals surface area contributed by atoms with Crippen molar-refractivity contribution in [3.8, 4) is 57.1 Å². The average molecular weight is 1460 g/mol. The number of carbonyl (C=O) groups is 8. The highest BCUT2D eigenvalue weighted by molar-refractivity contribution is 6.32. The number of aliphatic carboxylic acids is 1. The summed E-state index contributed by atoms with van der Waals surface area (Å²) in [5.74, 6) is -15.6. The van der Waals surface area contributed by atoms with Crippen molar-refractivity contribution in [2.24, 2.45) is 11.7 Å². The van der Waals surface area contributed by atoms with Crippen LogP contribution in [0.15, 0.2) is 85.1 Å². The minimum absolute atomic E-state index is 0.0843. The summed E-state index contributed by atoms with van der Waals surface area (Å²) >= 11 is 14.1. The lowest BCUT2D eigenvalue weighted by atomic mass is 9.89. The highest BCUT2D eigenvalue weighted by Gasteiger charge is 2.47. The molecule has 6 aliphatic rings. The van der Waals surface area contributed by atoms with E-state index in [1.54, 1.807) is 6.20 Å². The summed E-state index contributed by atoms with van der Waals surface area (Å²) in [6, 6.07) is -0.275. The molecule has 34 heteroatoms. The molecule has 0 saturated carbocycles. The van der Waals surface area contributed by atoms with Gasteiger partial charge in [0.1, 0.15) is 95.6 Å². The van der Waals surface area contributed by atoms with Crippen LogP contribution in [0.2, 0.25) is 10.0 Å². The second-order valence-corrected chi connectivity index (χ2v) is 26.4. The SMILES string of the molecule is CCCCCCCc1cn(C[C@H]2O[C@@H](Oc3c4cc5cc3Oc3ccc(cc3Cl)[C@@H](O)[C@@H](NC(=O)[C@@H](CC(C)C)NC)C(=O)N[C@@H](CC(N)=O)C(=O)N[C@H]5C(=O)N[C@H]3C(=O)N[C@H](C(=O)N[C@H](C(=O)O)c5cc(O)cc(O)c5-c5cc3ccc5O)[C@H](O)c3ccc(c(Cl)c3)O4)[C@H](O)[C@@H](O)[C@@H]2O)nn1. The number of aliphatic hydroxyl groups excluding tert-OH is 5. The molecule has 14 atom stereocenters. The molecule has 5 aromatic carbocycles. The number of benzene rings is 5. The Hall–Kier alpha value is -9.90. The van der Waals surface area contributed by atoms with Crippen molar-refractivity contribution in [2.45, 2.75) is 164 Å². The Morgan fingerprint density at radius 3 is 1.94 bits per heavy atom. The third kappa shape index (κ3) is 16.7. The number of aromatic hydroxyl groups is 3. The number of amides is 7. The van der Waals surface area contributed by atoms with Gasteiger partial charge in [0.05, 0.1) is 34.7 Å². The summed E-state index contributed by atoms with van der Waals surface area (Å²) < 4.78 is 27.3. The Morgan fingerprint density at radius 1 is 0.686 bits per heavy atom. The molecule has 544 valence electrons. The second-order valence-electron chi connectivity index (χ2n) is 25.6. The van der Waals surface area contributed by atoms with Gasteiger partial charge in [0.25, 0.3) is 0 Å². The van der Waals surface area contributed by atoms with E-state index in [1.807, 2.05) is 13.8 Å². The maximum atomic E-state index is 16.0. The molecular formula is C68H77Cl2N11O21. The molecule has 1 aromatic heterocycles. The van der Waals surface area contributed by atoms with E-state index < -0.39 is 201 Å². The van der Waals surface area contributed by atoms with Crippen LogP contribution in [0.1, 0.15) is 130 Å². The summed E-state index contributed by atoms with van der Waals surface area (Å²) in [5, 5.41) is 129. The number of nitrogens with two attached hydrogens (primary N) is 1. The standard InChI is InChI=1S/C68H77Cl2N11O21/c1-5-6-7-8-9-10-33-26-81(80-79-33)27-47-57(88)58(89)59(90)68(101-47)102-60-45-21-32-22-46(60)100-44-16-13-31(20-38(44)70)56(87)54-66(96)76-52(67(97)98)36-23-34(82)24-42(84)49(36)35-18-29(11-14-41(35)83)50(63(93)78-54)75-64(94)51(32)74-62(92)40(25-48(71)85)73-65(95)53(77-61(91)39(72-4)17-28(2)3)55(86)30-12-15-43(99-45)37(69)19-30/h11-16,18-24,26,28,39-40,47,50-59,68,72,82-84,86-90H,5-10,17,25,27H2,1-4H3,(H2,71,85)(H,73,95)(H,74,92)(H,75,94)(H,76,96)(H,77,91)(H,78,93)(H,97,98)/t39-,40+,47-,50-,51-,52+,53-,54+,55-,56-,57-,58+,59-,68+/m1/s1. The van der Waals surface area contributed by atoms with Gasteiger partial charge in [-0.15, -0.1) is 5.10 Å². The number of aryl methyl sites for hydroxylation is 1. The lowest BCUT2D eigenvalue weighted by molar-refractivity contribution is -0.275. The molecule has 1 fully saturated rings. The van der Waals surface area contributed by atoms with E-state index in [0.717, 1.165) is 98.8 Å². The first-order chi connectivity index (χ1) is 48.5. The predicted octanol–water partition coefficient (Wildman–Crippen LogP) is 2.68. The van der Waals surface area contributed by atoms with Gasteiger partial charge in [-0.2, -0.15) is 0 Å². The van der Waals surface area contributed by atoms with E-state index in [0.29, 0.717) is 12.1 Å². The Balaban J connectivity index is 1.19. The number of carbonyl (C=O) groups excluding carboxylic acids is 7. The predicted molar refractivity (Wildman–Crippen MR) is 358 cm³/mol. The monoisotopic (exact) mass is 1450 g/mol. The second kappa shape index (κ2) is 32.0. The van der Waals surface area contributed by atoms with E-state index in [4.69, 9.17) is 47.9 Å². The molecule has 0 spiro atoms. The lowest BCUT2D eigenvalue weighted by Gasteiger charge is -2.40. The van der Waals surface area contributed by atoms with Crippen LogP contribution in [0, 0.1) is 5.92 Å². The van der Waals surface area contributed by atoms with Gasteiger partial charge in [-0.25, -0.2) is 9.48 Å². The molecule has 1 saturated heterocycles. The Labute approximate surface area is 591 Å². The summed E-state index contributed by atoms with van der Waals surface area (Å²) in [4.78, 5) is 117. The van der Waals surface area contributed by atoms with Crippen molar-refractivity contribution >= 4 is 70.5 Å². The smallest absolute Gasteiger partial charge is 0.330 e. The number of halogens is 2. The Bertz CT molecular complexity index is 4200. The first-order valence-electron chi connectivity index (χ1n) is 32.7. The number of carboxylic acid groups (broad SMARTS) is 1. The molecule has 6 aliphatic heterocycles. The van der Waals surface area contributed by atoms with Crippen LogP contribution in [0.3, 0.4) is 0 Å². The highest BCUT2D eigenvalue weighted by Crippen LogP contribution is 2.49. The number of phenolic OH excluding ortho intramolecular Hbond substituents is 3. The summed E-state index contributed by atoms with van der Waals surface area (Å²) in [6.45, 7) is 5.48. The van der Waals surface area contributed by atoms with Crippen LogP contribution in [0.5, 0.6) is 46.0 Å². The van der Waals surface area contributed by atoms with E-state index in [-0.39, 0.29) is 52.1 Å². The number of nitrogens with zero attached hydrogens (tertiary/aromatic N) is 3. The molecule has 12 rings (SSSR count). The highest BCUT2D eigenvalue weighted by atomic mass is 35.5. The molecule has 102 heavy (non-hydrogen) atoms. The molecule has 18 N–H and O–H groups in total. The van der Waals surface area contributed by atoms with E-state index >= 15 is 14.4 Å². The van der Waals surface area contributed by atoms with Crippen LogP contribution >= 0.6 is 23.2 Å². The number of fused-ring (bicyclic) bond motifs is 15. The first kappa shape index (κ1) is 74.8. The topological polar surface area (TPSA) is 496 Å². The third-order valence-corrected chi connectivity index (χ3v) is 18.3. The first-order valence-corrected chi connectivity index (χ1v) is 33.4. The van der Waals surface area contributed by atoms with Gasteiger partial charge in [-0.05, 0) is 109 Å². The minimum Gasteiger partial charge on any atom is -0.508 e. The van der Waals surface area contributed by atoms with E-state index in [1.165, 1.54) is 23.9 Å². The molecule has 0 radical (unpaired) electrons. The number of likely N-dealkylation sites (N-methyl/N-ethyl adjacent to an activating group) is 1. The quantitative estimate of drug-likeness (QED) is 0.0550. The van der Waals surface area contributed by atoms with Crippen molar-refractivity contribution in [1.29, 1.82) is 0 Å². The van der Waals surface area contributed by atoms with Crippen LogP contribution in [0.4, 0.5) is 0 Å². The number of ether oxygens (including phenoxy) is 4. The van der Waals surface area contributed by atoms with Gasteiger partial charge in [0.15, 0.2) is 17.5 Å².